The van der Waals surface area contributed by atoms with Crippen molar-refractivity contribution in [2.24, 2.45) is 5.92 Å². The SMILES string of the molecule is COc1ccc(S(=O)(=O)N2CCC(N3[CH-]CC(C)CC3)CC2)cc1. The molecule has 2 aliphatic heterocycles. The molecular weight excluding hydrogens is 324 g/mol. The maximum atomic E-state index is 12.8. The molecule has 24 heavy (non-hydrogen) atoms. The van der Waals surface area contributed by atoms with Crippen molar-refractivity contribution in [3.63, 3.8) is 0 Å². The molecule has 1 aromatic rings. The fourth-order valence-electron chi connectivity index (χ4n) is 3.54. The average molecular weight is 351 g/mol. The first-order valence-electron chi connectivity index (χ1n) is 8.74. The van der Waals surface area contributed by atoms with Gasteiger partial charge in [-0.3, -0.25) is 6.54 Å². The molecule has 2 saturated heterocycles. The molecule has 3 rings (SSSR count). The minimum atomic E-state index is -3.40. The highest BCUT2D eigenvalue weighted by molar-refractivity contribution is 7.89. The van der Waals surface area contributed by atoms with Crippen LogP contribution >= 0.6 is 0 Å². The smallest absolute Gasteiger partial charge is 0.243 e. The summed E-state index contributed by atoms with van der Waals surface area (Å²) in [5, 5.41) is 0. The van der Waals surface area contributed by atoms with Crippen LogP contribution in [0.15, 0.2) is 29.2 Å². The second kappa shape index (κ2) is 7.42. The normalized spacial score (nSPS) is 24.8. The molecule has 1 aromatic carbocycles. The molecule has 2 heterocycles. The Morgan fingerprint density at radius 1 is 1.08 bits per heavy atom. The number of nitrogens with zero attached hydrogens (tertiary/aromatic N) is 2. The number of hydrogen-bond donors (Lipinski definition) is 0. The Balaban J connectivity index is 1.60. The molecule has 2 fully saturated rings. The first-order chi connectivity index (χ1) is 11.5. The molecule has 1 atom stereocenters. The second-order valence-electron chi connectivity index (χ2n) is 6.86. The van der Waals surface area contributed by atoms with Gasteiger partial charge in [-0.2, -0.15) is 10.7 Å². The van der Waals surface area contributed by atoms with E-state index < -0.39 is 10.0 Å². The molecule has 6 heteroatoms. The van der Waals surface area contributed by atoms with Crippen molar-refractivity contribution in [2.45, 2.75) is 43.5 Å². The maximum Gasteiger partial charge on any atom is 0.243 e. The van der Waals surface area contributed by atoms with E-state index in [-0.39, 0.29) is 0 Å². The molecule has 0 aromatic heterocycles. The summed E-state index contributed by atoms with van der Waals surface area (Å²) in [6.07, 6.45) is 4.19. The zero-order valence-electron chi connectivity index (χ0n) is 14.5. The third-order valence-electron chi connectivity index (χ3n) is 5.21. The predicted molar refractivity (Wildman–Crippen MR) is 94.2 cm³/mol. The Kier molecular flexibility index (Phi) is 5.47. The van der Waals surface area contributed by atoms with Gasteiger partial charge in [0, 0.05) is 13.1 Å². The summed E-state index contributed by atoms with van der Waals surface area (Å²) >= 11 is 0. The van der Waals surface area contributed by atoms with E-state index in [0.717, 1.165) is 31.7 Å². The van der Waals surface area contributed by atoms with Crippen molar-refractivity contribution in [3.05, 3.63) is 30.8 Å². The average Bonchev–Trinajstić information content (AvgIpc) is 2.62. The third kappa shape index (κ3) is 3.76. The Morgan fingerprint density at radius 2 is 1.75 bits per heavy atom. The van der Waals surface area contributed by atoms with Crippen LogP contribution in [0, 0.1) is 12.5 Å². The third-order valence-corrected chi connectivity index (χ3v) is 7.12. The van der Waals surface area contributed by atoms with E-state index in [9.17, 15) is 8.42 Å². The summed E-state index contributed by atoms with van der Waals surface area (Å²) in [7, 11) is -1.82. The van der Waals surface area contributed by atoms with Crippen LogP contribution in [0.4, 0.5) is 0 Å². The van der Waals surface area contributed by atoms with E-state index in [0.29, 0.717) is 29.8 Å². The van der Waals surface area contributed by atoms with Gasteiger partial charge in [-0.25, -0.2) is 8.42 Å². The maximum absolute atomic E-state index is 12.8. The lowest BCUT2D eigenvalue weighted by Gasteiger charge is -2.48. The Labute approximate surface area is 145 Å². The van der Waals surface area contributed by atoms with Crippen LogP contribution in [0.3, 0.4) is 0 Å². The number of ether oxygens (including phenoxy) is 1. The molecule has 5 nitrogen and oxygen atoms in total. The summed E-state index contributed by atoms with van der Waals surface area (Å²) in [4.78, 5) is 2.79. The summed E-state index contributed by atoms with van der Waals surface area (Å²) in [5.74, 6) is 1.44. The van der Waals surface area contributed by atoms with Gasteiger partial charge in [-0.05, 0) is 56.1 Å². The topological polar surface area (TPSA) is 49.9 Å². The lowest BCUT2D eigenvalue weighted by molar-refractivity contribution is 0.134. The summed E-state index contributed by atoms with van der Waals surface area (Å²) in [6, 6.07) is 7.13. The van der Waals surface area contributed by atoms with Gasteiger partial charge in [0.25, 0.3) is 0 Å². The van der Waals surface area contributed by atoms with Crippen LogP contribution in [0.2, 0.25) is 0 Å². The lowest BCUT2D eigenvalue weighted by Crippen LogP contribution is -2.47. The van der Waals surface area contributed by atoms with Crippen molar-refractivity contribution < 1.29 is 13.2 Å². The van der Waals surface area contributed by atoms with E-state index in [4.69, 9.17) is 4.74 Å². The highest BCUT2D eigenvalue weighted by Crippen LogP contribution is 2.28. The van der Waals surface area contributed by atoms with Gasteiger partial charge in [-0.15, -0.1) is 0 Å². The molecule has 1 unspecified atom stereocenters. The molecule has 134 valence electrons. The van der Waals surface area contributed by atoms with Crippen LogP contribution in [-0.2, 0) is 10.0 Å². The quantitative estimate of drug-likeness (QED) is 0.783. The van der Waals surface area contributed by atoms with Crippen LogP contribution in [0.25, 0.3) is 0 Å². The van der Waals surface area contributed by atoms with Gasteiger partial charge in [0.15, 0.2) is 0 Å². The molecule has 2 aliphatic rings. The van der Waals surface area contributed by atoms with Crippen molar-refractivity contribution in [1.29, 1.82) is 0 Å². The van der Waals surface area contributed by atoms with Gasteiger partial charge in [0.1, 0.15) is 5.75 Å². The Bertz CT molecular complexity index is 629. The van der Waals surface area contributed by atoms with E-state index in [1.165, 1.54) is 6.42 Å². The Hall–Kier alpha value is -1.11. The largest absolute Gasteiger partial charge is 0.497 e. The molecule has 0 N–H and O–H groups in total. The molecule has 0 radical (unpaired) electrons. The number of sulfonamides is 1. The van der Waals surface area contributed by atoms with Crippen LogP contribution < -0.4 is 4.74 Å². The first kappa shape index (κ1) is 17.7. The van der Waals surface area contributed by atoms with Crippen LogP contribution in [0.5, 0.6) is 5.75 Å². The fraction of sp³-hybridized carbons (Fsp3) is 0.611. The molecule has 0 spiro atoms. The van der Waals surface area contributed by atoms with Crippen molar-refractivity contribution in [2.75, 3.05) is 26.7 Å². The van der Waals surface area contributed by atoms with Crippen LogP contribution in [0.1, 0.15) is 32.6 Å². The zero-order chi connectivity index (χ0) is 17.2. The first-order valence-corrected chi connectivity index (χ1v) is 10.2. The number of likely N-dealkylation sites (tertiary alicyclic amines) is 1. The highest BCUT2D eigenvalue weighted by atomic mass is 32.2. The number of methoxy groups -OCH3 is 1. The van der Waals surface area contributed by atoms with Gasteiger partial charge in [0.2, 0.25) is 10.0 Å². The monoisotopic (exact) mass is 351 g/mol. The summed E-state index contributed by atoms with van der Waals surface area (Å²) in [6.45, 7) is 6.92. The van der Waals surface area contributed by atoms with E-state index in [1.807, 2.05) is 0 Å². The highest BCUT2D eigenvalue weighted by Gasteiger charge is 2.30. The molecule has 0 saturated carbocycles. The van der Waals surface area contributed by atoms with Gasteiger partial charge >= 0.3 is 0 Å². The zero-order valence-corrected chi connectivity index (χ0v) is 15.3. The molecular formula is C18H27N2O3S-. The lowest BCUT2D eigenvalue weighted by atomic mass is 9.95. The minimum absolute atomic E-state index is 0.347. The van der Waals surface area contributed by atoms with Gasteiger partial charge < -0.3 is 9.64 Å². The summed E-state index contributed by atoms with van der Waals surface area (Å²) in [5.41, 5.74) is 0. The second-order valence-corrected chi connectivity index (χ2v) is 8.80. The Morgan fingerprint density at radius 3 is 2.29 bits per heavy atom. The molecule has 0 aliphatic carbocycles. The van der Waals surface area contributed by atoms with Crippen molar-refractivity contribution in [1.82, 2.24) is 9.21 Å². The predicted octanol–water partition coefficient (Wildman–Crippen LogP) is 2.74. The molecule has 0 bridgehead atoms. The number of piperidine rings is 2. The summed E-state index contributed by atoms with van der Waals surface area (Å²) < 4.78 is 32.3. The van der Waals surface area contributed by atoms with Crippen molar-refractivity contribution >= 4 is 10.0 Å². The van der Waals surface area contributed by atoms with Gasteiger partial charge in [-0.1, -0.05) is 12.8 Å². The minimum Gasteiger partial charge on any atom is -0.497 e. The van der Waals surface area contributed by atoms with Crippen LogP contribution in [-0.4, -0.2) is 50.4 Å². The fourth-order valence-corrected chi connectivity index (χ4v) is 5.01. The van der Waals surface area contributed by atoms with E-state index in [1.54, 1.807) is 35.7 Å². The number of hydrogen-bond acceptors (Lipinski definition) is 4. The standard InChI is InChI=1S/C18H27N2O3S/c1-15-7-11-19(12-8-15)16-9-13-20(14-10-16)24(21,22)18-5-3-17(23-2)4-6-18/h3-6,11,15-16H,7-10,12-14H2,1-2H3/q-1. The van der Waals surface area contributed by atoms with E-state index in [2.05, 4.69) is 18.4 Å². The van der Waals surface area contributed by atoms with Gasteiger partial charge in [0.05, 0.1) is 12.0 Å². The van der Waals surface area contributed by atoms with E-state index >= 15 is 0 Å². The number of rotatable bonds is 4. The molecule has 0 amide bonds. The van der Waals surface area contributed by atoms with Crippen molar-refractivity contribution in [3.8, 4) is 5.75 Å². The number of benzene rings is 1.